The fraction of sp³-hybridized carbons (Fsp3) is 0.611. The lowest BCUT2D eigenvalue weighted by molar-refractivity contribution is -0.131. The van der Waals surface area contributed by atoms with Crippen molar-refractivity contribution >= 4 is 5.91 Å². The first-order valence-electron chi connectivity index (χ1n) is 8.46. The molecule has 120 valence electrons. The molecule has 1 saturated heterocycles. The Kier molecular flexibility index (Phi) is 5.08. The smallest absolute Gasteiger partial charge is 0.222 e. The van der Waals surface area contributed by atoms with Crippen molar-refractivity contribution in [1.29, 1.82) is 0 Å². The quantitative estimate of drug-likeness (QED) is 0.835. The van der Waals surface area contributed by atoms with E-state index in [-0.39, 0.29) is 11.7 Å². The highest BCUT2D eigenvalue weighted by Gasteiger charge is 2.26. The first-order valence-corrected chi connectivity index (χ1v) is 8.46. The molecule has 1 aliphatic heterocycles. The third kappa shape index (κ3) is 4.29. The number of halogens is 1. The minimum Gasteiger partial charge on any atom is -0.341 e. The number of carbonyl (C=O) groups is 1. The summed E-state index contributed by atoms with van der Waals surface area (Å²) < 4.78 is 13.6. The van der Waals surface area contributed by atoms with Gasteiger partial charge in [-0.05, 0) is 49.8 Å². The van der Waals surface area contributed by atoms with Crippen LogP contribution in [0.2, 0.25) is 0 Å². The number of hydrogen-bond acceptors (Lipinski definition) is 2. The number of aryl methyl sites for hydroxylation is 1. The van der Waals surface area contributed by atoms with Gasteiger partial charge >= 0.3 is 0 Å². The molecule has 3 nitrogen and oxygen atoms in total. The molecule has 1 aromatic rings. The van der Waals surface area contributed by atoms with Crippen LogP contribution in [0.3, 0.4) is 0 Å². The largest absolute Gasteiger partial charge is 0.341 e. The van der Waals surface area contributed by atoms with Crippen LogP contribution in [0.15, 0.2) is 24.3 Å². The van der Waals surface area contributed by atoms with Crippen LogP contribution < -0.4 is 0 Å². The Labute approximate surface area is 132 Å². The number of hydrogen-bond donors (Lipinski definition) is 0. The summed E-state index contributed by atoms with van der Waals surface area (Å²) in [5.74, 6) is 0.863. The maximum Gasteiger partial charge on any atom is 0.222 e. The molecule has 3 rings (SSSR count). The van der Waals surface area contributed by atoms with Crippen LogP contribution in [0.25, 0.3) is 0 Å². The topological polar surface area (TPSA) is 23.6 Å². The molecule has 1 amide bonds. The summed E-state index contributed by atoms with van der Waals surface area (Å²) in [5.41, 5.74) is 0.640. The maximum atomic E-state index is 13.6. The van der Waals surface area contributed by atoms with E-state index in [9.17, 15) is 9.18 Å². The molecule has 2 aliphatic rings. The lowest BCUT2D eigenvalue weighted by Crippen LogP contribution is -2.35. The van der Waals surface area contributed by atoms with Crippen molar-refractivity contribution < 1.29 is 9.18 Å². The van der Waals surface area contributed by atoms with Crippen molar-refractivity contribution in [2.45, 2.75) is 32.1 Å². The summed E-state index contributed by atoms with van der Waals surface area (Å²) in [6.07, 6.45) is 4.71. The molecule has 1 aromatic carbocycles. The van der Waals surface area contributed by atoms with Gasteiger partial charge in [-0.2, -0.15) is 0 Å². The van der Waals surface area contributed by atoms with Crippen LogP contribution in [0, 0.1) is 11.7 Å². The van der Waals surface area contributed by atoms with Crippen molar-refractivity contribution in [3.05, 3.63) is 35.6 Å². The highest BCUT2D eigenvalue weighted by molar-refractivity contribution is 5.76. The molecule has 4 heteroatoms. The van der Waals surface area contributed by atoms with Gasteiger partial charge in [0.2, 0.25) is 5.91 Å². The Hall–Kier alpha value is -1.42. The zero-order valence-corrected chi connectivity index (χ0v) is 13.1. The maximum absolute atomic E-state index is 13.6. The fourth-order valence-electron chi connectivity index (χ4n) is 3.17. The molecule has 0 radical (unpaired) electrons. The molecule has 1 heterocycles. The Bertz CT molecular complexity index is 516. The Morgan fingerprint density at radius 2 is 1.95 bits per heavy atom. The second-order valence-corrected chi connectivity index (χ2v) is 6.57. The van der Waals surface area contributed by atoms with Gasteiger partial charge in [0, 0.05) is 32.6 Å². The van der Waals surface area contributed by atoms with E-state index in [0.717, 1.165) is 38.5 Å². The van der Waals surface area contributed by atoms with Gasteiger partial charge < -0.3 is 9.80 Å². The van der Waals surface area contributed by atoms with E-state index in [4.69, 9.17) is 0 Å². The normalized spacial score (nSPS) is 20.0. The average molecular weight is 304 g/mol. The third-order valence-corrected chi connectivity index (χ3v) is 4.72. The van der Waals surface area contributed by atoms with Gasteiger partial charge in [-0.25, -0.2) is 4.39 Å². The molecule has 1 saturated carbocycles. The molecule has 1 aliphatic carbocycles. The van der Waals surface area contributed by atoms with Crippen molar-refractivity contribution in [2.24, 2.45) is 5.92 Å². The van der Waals surface area contributed by atoms with Crippen molar-refractivity contribution in [3.63, 3.8) is 0 Å². The summed E-state index contributed by atoms with van der Waals surface area (Å²) in [4.78, 5) is 16.8. The summed E-state index contributed by atoms with van der Waals surface area (Å²) in [5, 5.41) is 0. The van der Waals surface area contributed by atoms with Gasteiger partial charge in [0.25, 0.3) is 0 Å². The lowest BCUT2D eigenvalue weighted by Gasteiger charge is -2.22. The first-order chi connectivity index (χ1) is 10.7. The summed E-state index contributed by atoms with van der Waals surface area (Å²) in [7, 11) is 0. The summed E-state index contributed by atoms with van der Waals surface area (Å²) in [6.45, 7) is 4.97. The average Bonchev–Trinajstić information content (AvgIpc) is 3.34. The zero-order chi connectivity index (χ0) is 15.4. The lowest BCUT2D eigenvalue weighted by atomic mass is 10.1. The predicted molar refractivity (Wildman–Crippen MR) is 85.1 cm³/mol. The monoisotopic (exact) mass is 304 g/mol. The molecular formula is C18H25FN2O. The number of nitrogens with zero attached hydrogens (tertiary/aromatic N) is 2. The van der Waals surface area contributed by atoms with E-state index in [0.29, 0.717) is 18.4 Å². The number of carbonyl (C=O) groups excluding carboxylic acids is 1. The van der Waals surface area contributed by atoms with E-state index in [1.165, 1.54) is 25.5 Å². The van der Waals surface area contributed by atoms with Crippen LogP contribution in [-0.2, 0) is 11.2 Å². The second-order valence-electron chi connectivity index (χ2n) is 6.57. The van der Waals surface area contributed by atoms with E-state index in [1.54, 1.807) is 12.1 Å². The van der Waals surface area contributed by atoms with Crippen LogP contribution in [0.1, 0.15) is 31.2 Å². The van der Waals surface area contributed by atoms with Gasteiger partial charge in [-0.3, -0.25) is 4.79 Å². The molecule has 0 spiro atoms. The van der Waals surface area contributed by atoms with E-state index in [2.05, 4.69) is 4.90 Å². The van der Waals surface area contributed by atoms with Gasteiger partial charge in [-0.1, -0.05) is 18.2 Å². The summed E-state index contributed by atoms with van der Waals surface area (Å²) in [6, 6.07) is 6.73. The SMILES string of the molecule is O=C(CCc1ccccc1F)N1CCCN(CC2CC2)CC1. The molecule has 0 unspecified atom stereocenters. The highest BCUT2D eigenvalue weighted by Crippen LogP contribution is 2.29. The molecule has 0 atom stereocenters. The molecular weight excluding hydrogens is 279 g/mol. The zero-order valence-electron chi connectivity index (χ0n) is 13.1. The fourth-order valence-corrected chi connectivity index (χ4v) is 3.17. The van der Waals surface area contributed by atoms with Gasteiger partial charge in [0.15, 0.2) is 0 Å². The first kappa shape index (κ1) is 15.5. The van der Waals surface area contributed by atoms with Crippen molar-refractivity contribution in [1.82, 2.24) is 9.80 Å². The molecule has 0 bridgehead atoms. The van der Waals surface area contributed by atoms with E-state index in [1.807, 2.05) is 11.0 Å². The minimum absolute atomic E-state index is 0.163. The van der Waals surface area contributed by atoms with E-state index < -0.39 is 0 Å². The third-order valence-electron chi connectivity index (χ3n) is 4.72. The minimum atomic E-state index is -0.207. The number of rotatable bonds is 5. The molecule has 0 N–H and O–H groups in total. The van der Waals surface area contributed by atoms with Crippen LogP contribution in [0.5, 0.6) is 0 Å². The Balaban J connectivity index is 1.46. The van der Waals surface area contributed by atoms with Gasteiger partial charge in [0.1, 0.15) is 5.82 Å². The standard InChI is InChI=1S/C18H25FN2O/c19-17-5-2-1-4-16(17)8-9-18(22)21-11-3-10-20(12-13-21)14-15-6-7-15/h1-2,4-5,15H,3,6-14H2. The highest BCUT2D eigenvalue weighted by atomic mass is 19.1. The Morgan fingerprint density at radius 1 is 1.14 bits per heavy atom. The van der Waals surface area contributed by atoms with Crippen LogP contribution in [0.4, 0.5) is 4.39 Å². The number of benzene rings is 1. The van der Waals surface area contributed by atoms with Gasteiger partial charge in [-0.15, -0.1) is 0 Å². The molecule has 22 heavy (non-hydrogen) atoms. The molecule has 2 fully saturated rings. The molecule has 0 aromatic heterocycles. The van der Waals surface area contributed by atoms with E-state index >= 15 is 0 Å². The number of amides is 1. The van der Waals surface area contributed by atoms with Crippen LogP contribution in [-0.4, -0.2) is 48.4 Å². The second kappa shape index (κ2) is 7.23. The van der Waals surface area contributed by atoms with Gasteiger partial charge in [0.05, 0.1) is 0 Å². The predicted octanol–water partition coefficient (Wildman–Crippen LogP) is 2.70. The van der Waals surface area contributed by atoms with Crippen LogP contribution >= 0.6 is 0 Å². The Morgan fingerprint density at radius 3 is 2.73 bits per heavy atom. The van der Waals surface area contributed by atoms with Crippen molar-refractivity contribution in [2.75, 3.05) is 32.7 Å². The van der Waals surface area contributed by atoms with Crippen molar-refractivity contribution in [3.8, 4) is 0 Å². The summed E-state index contributed by atoms with van der Waals surface area (Å²) >= 11 is 0.